The molecule has 0 amide bonds. The van der Waals surface area contributed by atoms with E-state index in [0.717, 1.165) is 54.2 Å². The highest BCUT2D eigenvalue weighted by molar-refractivity contribution is 8.16. The molecule has 1 fully saturated rings. The lowest BCUT2D eigenvalue weighted by atomic mass is 9.77. The van der Waals surface area contributed by atoms with Gasteiger partial charge in [0.05, 0.1) is 23.8 Å². The summed E-state index contributed by atoms with van der Waals surface area (Å²) in [5.74, 6) is 1.76. The summed E-state index contributed by atoms with van der Waals surface area (Å²) in [7, 11) is 1.45. The van der Waals surface area contributed by atoms with Crippen LogP contribution in [0.15, 0.2) is 58.4 Å². The van der Waals surface area contributed by atoms with E-state index in [9.17, 15) is 18.0 Å². The first-order valence-electron chi connectivity index (χ1n) is 11.9. The molecule has 188 valence electrons. The summed E-state index contributed by atoms with van der Waals surface area (Å²) < 4.78 is 43.3. The Morgan fingerprint density at radius 3 is 2.31 bits per heavy atom. The fourth-order valence-electron chi connectivity index (χ4n) is 4.69. The number of nitrogens with zero attached hydrogens (tertiary/aromatic N) is 1. The molecule has 1 aliphatic carbocycles. The first kappa shape index (κ1) is 26.1. The minimum absolute atomic E-state index is 0.110. The third kappa shape index (κ3) is 6.85. The van der Waals surface area contributed by atoms with Crippen LogP contribution >= 0.6 is 23.5 Å². The first-order chi connectivity index (χ1) is 16.7. The van der Waals surface area contributed by atoms with Crippen LogP contribution in [0.3, 0.4) is 0 Å². The summed E-state index contributed by atoms with van der Waals surface area (Å²) in [5, 5.41) is 1.09. The molecule has 0 bridgehead atoms. The number of alkyl halides is 3. The molecule has 0 aromatic heterocycles. The number of methoxy groups -OCH3 is 1. The molecule has 0 spiro atoms. The zero-order valence-electron chi connectivity index (χ0n) is 19.9. The molecule has 0 N–H and O–H groups in total. The van der Waals surface area contributed by atoms with Crippen molar-refractivity contribution in [2.24, 2.45) is 10.9 Å². The van der Waals surface area contributed by atoms with Gasteiger partial charge in [-0.15, -0.1) is 11.8 Å². The van der Waals surface area contributed by atoms with Crippen molar-refractivity contribution in [1.29, 1.82) is 0 Å². The van der Waals surface area contributed by atoms with E-state index in [2.05, 4.69) is 31.2 Å². The Bertz CT molecular complexity index is 1030. The topological polar surface area (TPSA) is 38.7 Å². The lowest BCUT2D eigenvalue weighted by Gasteiger charge is -2.28. The van der Waals surface area contributed by atoms with E-state index >= 15 is 0 Å². The average Bonchev–Trinajstić information content (AvgIpc) is 3.23. The summed E-state index contributed by atoms with van der Waals surface area (Å²) in [4.78, 5) is 17.4. The Balaban J connectivity index is 1.26. The SMILES string of the molecule is COC(=O)CC1CCC(c2ccc(SCC3SC(c4ccc(C(F)(F)F)cc4)=NC3C)cc2)CC1. The Labute approximate surface area is 213 Å². The second kappa shape index (κ2) is 11.4. The van der Waals surface area contributed by atoms with Gasteiger partial charge in [-0.3, -0.25) is 9.79 Å². The van der Waals surface area contributed by atoms with E-state index < -0.39 is 11.7 Å². The minimum Gasteiger partial charge on any atom is -0.469 e. The highest BCUT2D eigenvalue weighted by atomic mass is 32.2. The quantitative estimate of drug-likeness (QED) is 0.278. The van der Waals surface area contributed by atoms with Gasteiger partial charge in [-0.25, -0.2) is 0 Å². The van der Waals surface area contributed by atoms with Gasteiger partial charge in [-0.05, 0) is 74.3 Å². The number of thioether (sulfide) groups is 2. The Kier molecular flexibility index (Phi) is 8.53. The van der Waals surface area contributed by atoms with Crippen LogP contribution in [0.2, 0.25) is 0 Å². The van der Waals surface area contributed by atoms with Crippen molar-refractivity contribution in [3.05, 3.63) is 65.2 Å². The second-order valence-electron chi connectivity index (χ2n) is 9.28. The predicted octanol–water partition coefficient (Wildman–Crippen LogP) is 7.59. The smallest absolute Gasteiger partial charge is 0.416 e. The number of esters is 1. The molecule has 2 aliphatic rings. The predicted molar refractivity (Wildman–Crippen MR) is 137 cm³/mol. The summed E-state index contributed by atoms with van der Waals surface area (Å²) >= 11 is 3.45. The molecule has 2 aromatic rings. The van der Waals surface area contributed by atoms with Crippen LogP contribution in [-0.2, 0) is 15.7 Å². The van der Waals surface area contributed by atoms with Crippen molar-refractivity contribution in [2.75, 3.05) is 12.9 Å². The van der Waals surface area contributed by atoms with Crippen LogP contribution < -0.4 is 0 Å². The van der Waals surface area contributed by atoms with Gasteiger partial charge in [0.1, 0.15) is 0 Å². The van der Waals surface area contributed by atoms with Crippen molar-refractivity contribution in [2.45, 2.75) is 67.3 Å². The normalized spacial score (nSPS) is 24.8. The highest BCUT2D eigenvalue weighted by Gasteiger charge is 2.31. The maximum Gasteiger partial charge on any atom is 0.416 e. The fraction of sp³-hybridized carbons (Fsp3) is 0.481. The highest BCUT2D eigenvalue weighted by Crippen LogP contribution is 2.39. The maximum absolute atomic E-state index is 12.8. The number of aliphatic imine (C=N–C) groups is 1. The molecule has 2 unspecified atom stereocenters. The number of benzene rings is 2. The largest absolute Gasteiger partial charge is 0.469 e. The van der Waals surface area contributed by atoms with Crippen LogP contribution in [0.5, 0.6) is 0 Å². The lowest BCUT2D eigenvalue weighted by molar-refractivity contribution is -0.142. The van der Waals surface area contributed by atoms with Gasteiger partial charge < -0.3 is 4.74 Å². The monoisotopic (exact) mass is 521 g/mol. The van der Waals surface area contributed by atoms with E-state index in [0.29, 0.717) is 18.3 Å². The van der Waals surface area contributed by atoms with E-state index in [1.165, 1.54) is 29.7 Å². The van der Waals surface area contributed by atoms with Crippen LogP contribution in [-0.4, -0.2) is 35.2 Å². The van der Waals surface area contributed by atoms with Gasteiger partial charge in [-0.2, -0.15) is 13.2 Å². The van der Waals surface area contributed by atoms with Gasteiger partial charge >= 0.3 is 12.1 Å². The maximum atomic E-state index is 12.8. The van der Waals surface area contributed by atoms with Gasteiger partial charge in [0.15, 0.2) is 0 Å². The molecule has 1 aliphatic heterocycles. The third-order valence-electron chi connectivity index (χ3n) is 6.88. The molecule has 1 saturated carbocycles. The molecule has 2 aromatic carbocycles. The van der Waals surface area contributed by atoms with Gasteiger partial charge in [0, 0.05) is 27.9 Å². The molecular formula is C27H30F3NO2S2. The number of carbonyl (C=O) groups excluding carboxylic acids is 1. The zero-order valence-corrected chi connectivity index (χ0v) is 21.5. The first-order valence-corrected chi connectivity index (χ1v) is 13.8. The molecule has 0 radical (unpaired) electrons. The molecule has 2 atom stereocenters. The number of carbonyl (C=O) groups is 1. The Morgan fingerprint density at radius 2 is 1.71 bits per heavy atom. The third-order valence-corrected chi connectivity index (χ3v) is 9.65. The van der Waals surface area contributed by atoms with Crippen LogP contribution in [0, 0.1) is 5.92 Å². The second-order valence-corrected chi connectivity index (χ2v) is 11.6. The number of hydrogen-bond acceptors (Lipinski definition) is 5. The summed E-state index contributed by atoms with van der Waals surface area (Å²) in [6.45, 7) is 2.06. The van der Waals surface area contributed by atoms with Crippen molar-refractivity contribution >= 4 is 34.5 Å². The van der Waals surface area contributed by atoms with E-state index in [-0.39, 0.29) is 17.3 Å². The minimum atomic E-state index is -4.32. The zero-order chi connectivity index (χ0) is 25.0. The Morgan fingerprint density at radius 1 is 1.06 bits per heavy atom. The van der Waals surface area contributed by atoms with Crippen molar-refractivity contribution in [3.8, 4) is 0 Å². The number of rotatable bonds is 7. The molecule has 8 heteroatoms. The lowest BCUT2D eigenvalue weighted by Crippen LogP contribution is -2.17. The van der Waals surface area contributed by atoms with Crippen LogP contribution in [0.4, 0.5) is 13.2 Å². The van der Waals surface area contributed by atoms with Crippen LogP contribution in [0.25, 0.3) is 0 Å². The van der Waals surface area contributed by atoms with Crippen molar-refractivity contribution in [1.82, 2.24) is 0 Å². The van der Waals surface area contributed by atoms with Gasteiger partial charge in [-0.1, -0.05) is 36.0 Å². The molecule has 0 saturated heterocycles. The molecule has 4 rings (SSSR count). The molecular weight excluding hydrogens is 491 g/mol. The molecule has 35 heavy (non-hydrogen) atoms. The van der Waals surface area contributed by atoms with E-state index in [4.69, 9.17) is 9.73 Å². The fourth-order valence-corrected chi connectivity index (χ4v) is 7.18. The van der Waals surface area contributed by atoms with Crippen LogP contribution in [0.1, 0.15) is 61.6 Å². The Hall–Kier alpha value is -1.93. The van der Waals surface area contributed by atoms with Crippen molar-refractivity contribution < 1.29 is 22.7 Å². The standard InChI is InChI=1S/C27H30F3NO2S2/c1-17-24(35-26(31-17)21-7-11-22(12-8-21)27(28,29)30)16-34-23-13-9-20(10-14-23)19-5-3-18(4-6-19)15-25(32)33-2/h7-14,17-19,24H,3-6,15-16H2,1-2H3. The number of halogens is 3. The van der Waals surface area contributed by atoms with E-state index in [1.807, 2.05) is 0 Å². The van der Waals surface area contributed by atoms with Gasteiger partial charge in [0.25, 0.3) is 0 Å². The van der Waals surface area contributed by atoms with Crippen molar-refractivity contribution in [3.63, 3.8) is 0 Å². The summed E-state index contributed by atoms with van der Waals surface area (Å²) in [6, 6.07) is 14.2. The molecule has 3 nitrogen and oxygen atoms in total. The number of ether oxygens (including phenoxy) is 1. The average molecular weight is 522 g/mol. The van der Waals surface area contributed by atoms with E-state index in [1.54, 1.807) is 23.5 Å². The number of hydrogen-bond donors (Lipinski definition) is 0. The summed E-state index contributed by atoms with van der Waals surface area (Å²) in [5.41, 5.74) is 1.47. The molecule has 1 heterocycles. The van der Waals surface area contributed by atoms with Gasteiger partial charge in [0.2, 0.25) is 0 Å². The summed E-state index contributed by atoms with van der Waals surface area (Å²) in [6.07, 6.45) is 0.543.